The number of aryl methyl sites for hydroxylation is 2. The molecule has 5 nitrogen and oxygen atoms in total. The van der Waals surface area contributed by atoms with Gasteiger partial charge in [0.1, 0.15) is 12.1 Å². The van der Waals surface area contributed by atoms with Crippen molar-refractivity contribution in [3.05, 3.63) is 28.6 Å². The molecule has 0 unspecified atom stereocenters. The zero-order valence-electron chi connectivity index (χ0n) is 10.7. The molecule has 0 aliphatic heterocycles. The number of hydrogen-bond acceptors (Lipinski definition) is 5. The van der Waals surface area contributed by atoms with E-state index >= 15 is 0 Å². The van der Waals surface area contributed by atoms with Crippen LogP contribution in [-0.4, -0.2) is 23.6 Å². The molecule has 7 heteroatoms. The fraction of sp³-hybridized carbons (Fsp3) is 0.231. The van der Waals surface area contributed by atoms with E-state index in [1.807, 2.05) is 17.6 Å². The van der Waals surface area contributed by atoms with Gasteiger partial charge in [-0.05, 0) is 30.5 Å². The number of nitrogens with zero attached hydrogens (tertiary/aromatic N) is 2. The first-order chi connectivity index (χ1) is 9.31. The number of methoxy groups -OCH3 is 1. The van der Waals surface area contributed by atoms with Crippen molar-refractivity contribution < 1.29 is 26.7 Å². The Hall–Kier alpha value is -1.41. The molecule has 0 saturated heterocycles. The summed E-state index contributed by atoms with van der Waals surface area (Å²) in [4.78, 5) is 9.78. The fourth-order valence-electron chi connectivity index (χ4n) is 2.23. The number of aliphatic imine (C=N–C) groups is 1. The number of rotatable bonds is 3. The Morgan fingerprint density at radius 2 is 2.30 bits per heavy atom. The molecule has 0 saturated carbocycles. The van der Waals surface area contributed by atoms with Gasteiger partial charge >= 0.3 is 16.8 Å². The van der Waals surface area contributed by atoms with Crippen LogP contribution in [0.15, 0.2) is 23.2 Å². The van der Waals surface area contributed by atoms with Crippen LogP contribution in [0, 0.1) is 0 Å². The first-order valence-corrected chi connectivity index (χ1v) is 6.72. The molecule has 1 aromatic carbocycles. The van der Waals surface area contributed by atoms with Gasteiger partial charge in [-0.25, -0.2) is 9.98 Å². The predicted molar refractivity (Wildman–Crippen MR) is 74.6 cm³/mol. The van der Waals surface area contributed by atoms with Crippen molar-refractivity contribution >= 4 is 22.8 Å². The molecule has 1 heterocycles. The van der Waals surface area contributed by atoms with Crippen molar-refractivity contribution in [2.45, 2.75) is 12.8 Å². The molecule has 0 spiro atoms. The summed E-state index contributed by atoms with van der Waals surface area (Å²) in [6.07, 6.45) is 3.21. The van der Waals surface area contributed by atoms with E-state index in [1.54, 1.807) is 18.4 Å². The third-order valence-corrected chi connectivity index (χ3v) is 4.14. The Bertz CT molecular complexity index is 643. The second-order valence-corrected chi connectivity index (χ2v) is 5.24. The van der Waals surface area contributed by atoms with Crippen LogP contribution in [0.1, 0.15) is 10.4 Å². The second-order valence-electron chi connectivity index (χ2n) is 4.18. The largest absolute Gasteiger partial charge is 2.00 e. The molecule has 3 rings (SSSR count). The van der Waals surface area contributed by atoms with Gasteiger partial charge in [0.25, 0.3) is 0 Å². The maximum Gasteiger partial charge on any atom is 2.00 e. The van der Waals surface area contributed by atoms with Gasteiger partial charge in [0.05, 0.1) is 12.8 Å². The monoisotopic (exact) mass is 334 g/mol. The molecule has 0 atom stereocenters. The van der Waals surface area contributed by atoms with Gasteiger partial charge in [-0.1, -0.05) is 17.4 Å². The van der Waals surface area contributed by atoms with Crippen LogP contribution in [0.25, 0.3) is 11.3 Å². The SMILES string of the molecule is COc1ccc2c(c1)-c1nc(/N=C\NO)sc1CC2.[Co+2]. The molecule has 2 aromatic rings. The maximum atomic E-state index is 8.52. The zero-order valence-corrected chi connectivity index (χ0v) is 12.6. The summed E-state index contributed by atoms with van der Waals surface area (Å²) in [7, 11) is 1.66. The Morgan fingerprint density at radius 3 is 3.05 bits per heavy atom. The summed E-state index contributed by atoms with van der Waals surface area (Å²) >= 11 is 1.55. The Labute approximate surface area is 130 Å². The first-order valence-electron chi connectivity index (χ1n) is 5.91. The smallest absolute Gasteiger partial charge is 0.497 e. The molecule has 0 fully saturated rings. The van der Waals surface area contributed by atoms with E-state index < -0.39 is 0 Å². The van der Waals surface area contributed by atoms with Crippen LogP contribution in [0.4, 0.5) is 5.13 Å². The van der Waals surface area contributed by atoms with Gasteiger partial charge in [0, 0.05) is 10.4 Å². The minimum atomic E-state index is 0. The Kier molecular flexibility index (Phi) is 4.76. The van der Waals surface area contributed by atoms with E-state index in [-0.39, 0.29) is 16.8 Å². The van der Waals surface area contributed by atoms with Gasteiger partial charge < -0.3 is 4.74 Å². The van der Waals surface area contributed by atoms with Gasteiger partial charge in [0.2, 0.25) is 5.13 Å². The Morgan fingerprint density at radius 1 is 1.45 bits per heavy atom. The minimum Gasteiger partial charge on any atom is -0.497 e. The average molecular weight is 334 g/mol. The summed E-state index contributed by atoms with van der Waals surface area (Å²) in [5, 5.41) is 9.16. The predicted octanol–water partition coefficient (Wildman–Crippen LogP) is 2.55. The van der Waals surface area contributed by atoms with Crippen LogP contribution in [0.2, 0.25) is 0 Å². The van der Waals surface area contributed by atoms with Crippen LogP contribution in [0.3, 0.4) is 0 Å². The van der Waals surface area contributed by atoms with Crippen molar-refractivity contribution in [3.8, 4) is 17.0 Å². The number of benzene rings is 1. The zero-order chi connectivity index (χ0) is 13.2. The minimum absolute atomic E-state index is 0. The molecule has 20 heavy (non-hydrogen) atoms. The van der Waals surface area contributed by atoms with Crippen molar-refractivity contribution in [3.63, 3.8) is 0 Å². The van der Waals surface area contributed by atoms with E-state index in [4.69, 9.17) is 9.94 Å². The summed E-state index contributed by atoms with van der Waals surface area (Å²) in [6, 6.07) is 6.09. The van der Waals surface area contributed by atoms with Crippen LogP contribution < -0.4 is 10.2 Å². The molecule has 1 radical (unpaired) electrons. The van der Waals surface area contributed by atoms with Crippen LogP contribution >= 0.6 is 11.3 Å². The first kappa shape index (κ1) is 15.0. The van der Waals surface area contributed by atoms with Crippen molar-refractivity contribution in [1.82, 2.24) is 10.5 Å². The van der Waals surface area contributed by atoms with E-state index in [1.165, 1.54) is 16.8 Å². The third kappa shape index (κ3) is 2.71. The number of hydroxylamine groups is 1. The number of hydrogen-bond donors (Lipinski definition) is 2. The molecule has 1 aliphatic carbocycles. The standard InChI is InChI=1S/C13H13N3O2S.Co/c1-18-9-4-2-8-3-5-11-12(10(8)6-9)16-13(19-11)14-7-15-17;/h2,4,6-7,17H,3,5H2,1H3,(H,14,15,16);/q;+2. The van der Waals surface area contributed by atoms with Crippen molar-refractivity contribution in [1.29, 1.82) is 0 Å². The molecule has 2 N–H and O–H groups in total. The fourth-order valence-corrected chi connectivity index (χ4v) is 3.15. The molecule has 1 aliphatic rings. The van der Waals surface area contributed by atoms with E-state index in [2.05, 4.69) is 16.0 Å². The molecule has 1 aromatic heterocycles. The van der Waals surface area contributed by atoms with Crippen molar-refractivity contribution in [2.75, 3.05) is 7.11 Å². The van der Waals surface area contributed by atoms with Gasteiger partial charge in [-0.15, -0.1) is 0 Å². The third-order valence-electron chi connectivity index (χ3n) is 3.11. The van der Waals surface area contributed by atoms with Crippen LogP contribution in [0.5, 0.6) is 5.75 Å². The molecule has 105 valence electrons. The van der Waals surface area contributed by atoms with Gasteiger partial charge in [-0.3, -0.25) is 10.7 Å². The van der Waals surface area contributed by atoms with E-state index in [0.717, 1.165) is 29.8 Å². The summed E-state index contributed by atoms with van der Waals surface area (Å²) < 4.78 is 5.27. The Balaban J connectivity index is 0.00000147. The molecular formula is C13H13CoN3O2S+2. The second kappa shape index (κ2) is 6.36. The van der Waals surface area contributed by atoms with Gasteiger partial charge in [0.15, 0.2) is 0 Å². The number of aromatic nitrogens is 1. The number of thiazole rings is 1. The van der Waals surface area contributed by atoms with Crippen molar-refractivity contribution in [2.24, 2.45) is 4.99 Å². The molecule has 0 bridgehead atoms. The number of nitrogens with one attached hydrogen (secondary N) is 1. The number of fused-ring (bicyclic) bond motifs is 3. The van der Waals surface area contributed by atoms with E-state index in [9.17, 15) is 0 Å². The summed E-state index contributed by atoms with van der Waals surface area (Å²) in [5.41, 5.74) is 5.28. The number of ether oxygens (including phenoxy) is 1. The average Bonchev–Trinajstić information content (AvgIpc) is 2.87. The summed E-state index contributed by atoms with van der Waals surface area (Å²) in [6.45, 7) is 0. The van der Waals surface area contributed by atoms with E-state index in [0.29, 0.717) is 5.13 Å². The normalized spacial score (nSPS) is 12.5. The summed E-state index contributed by atoms with van der Waals surface area (Å²) in [5.74, 6) is 0.835. The topological polar surface area (TPSA) is 66.7 Å². The van der Waals surface area contributed by atoms with Gasteiger partial charge in [-0.2, -0.15) is 0 Å². The maximum absolute atomic E-state index is 8.52. The molecule has 0 amide bonds. The van der Waals surface area contributed by atoms with Crippen LogP contribution in [-0.2, 0) is 29.6 Å². The molecular weight excluding hydrogens is 321 g/mol. The quantitative estimate of drug-likeness (QED) is 0.514.